The van der Waals surface area contributed by atoms with Crippen LogP contribution in [0.1, 0.15) is 44.2 Å². The quantitative estimate of drug-likeness (QED) is 0.793. The number of allylic oxidation sites excluding steroid dienone is 1. The first-order valence-corrected chi connectivity index (χ1v) is 5.86. The van der Waals surface area contributed by atoms with Crippen molar-refractivity contribution in [3.8, 4) is 0 Å². The second kappa shape index (κ2) is 5.31. The molecule has 0 radical (unpaired) electrons. The zero-order valence-electron chi connectivity index (χ0n) is 10.6. The Kier molecular flexibility index (Phi) is 4.31. The van der Waals surface area contributed by atoms with E-state index < -0.39 is 5.60 Å². The van der Waals surface area contributed by atoms with Crippen LogP contribution in [0.5, 0.6) is 0 Å². The summed E-state index contributed by atoms with van der Waals surface area (Å²) >= 11 is 0. The minimum Gasteiger partial charge on any atom is -0.390 e. The lowest BCUT2D eigenvalue weighted by atomic mass is 9.96. The molecule has 1 N–H and O–H groups in total. The second-order valence-electron chi connectivity index (χ2n) is 5.14. The number of aliphatic hydroxyl groups is 1. The van der Waals surface area contributed by atoms with Crippen molar-refractivity contribution in [2.24, 2.45) is 0 Å². The van der Waals surface area contributed by atoms with E-state index in [0.29, 0.717) is 0 Å². The molecule has 0 aromatic heterocycles. The predicted octanol–water partition coefficient (Wildman–Crippen LogP) is 3.95. The minimum absolute atomic E-state index is 0.562. The van der Waals surface area contributed by atoms with E-state index in [1.807, 2.05) is 13.8 Å². The Balaban J connectivity index is 2.44. The van der Waals surface area contributed by atoms with Crippen LogP contribution in [0.3, 0.4) is 0 Å². The van der Waals surface area contributed by atoms with Crippen molar-refractivity contribution >= 4 is 5.57 Å². The number of aryl methyl sites for hydroxylation is 1. The van der Waals surface area contributed by atoms with Crippen LogP contribution >= 0.6 is 0 Å². The van der Waals surface area contributed by atoms with Gasteiger partial charge in [0.1, 0.15) is 0 Å². The molecular formula is C15H22O. The van der Waals surface area contributed by atoms with Gasteiger partial charge in [0.25, 0.3) is 0 Å². The summed E-state index contributed by atoms with van der Waals surface area (Å²) in [6.45, 7) is 9.87. The standard InChI is InChI=1S/C15H22O/c1-12-7-9-14(10-8-12)13(2)6-5-11-15(3,4)16/h7-10,16H,2,5-6,11H2,1,3-4H3. The summed E-state index contributed by atoms with van der Waals surface area (Å²) in [7, 11) is 0. The molecule has 1 nitrogen and oxygen atoms in total. The van der Waals surface area contributed by atoms with Gasteiger partial charge < -0.3 is 5.11 Å². The lowest BCUT2D eigenvalue weighted by molar-refractivity contribution is 0.0693. The summed E-state index contributed by atoms with van der Waals surface area (Å²) in [4.78, 5) is 0. The molecule has 16 heavy (non-hydrogen) atoms. The van der Waals surface area contributed by atoms with Crippen LogP contribution in [0, 0.1) is 6.92 Å². The summed E-state index contributed by atoms with van der Waals surface area (Å²) in [5.74, 6) is 0. The van der Waals surface area contributed by atoms with Crippen molar-refractivity contribution < 1.29 is 5.11 Å². The van der Waals surface area contributed by atoms with Crippen molar-refractivity contribution in [2.75, 3.05) is 0 Å². The average molecular weight is 218 g/mol. The van der Waals surface area contributed by atoms with Crippen molar-refractivity contribution in [3.05, 3.63) is 42.0 Å². The molecule has 0 saturated carbocycles. The van der Waals surface area contributed by atoms with Gasteiger partial charge >= 0.3 is 0 Å². The molecule has 1 rings (SSSR count). The van der Waals surface area contributed by atoms with Crippen LogP contribution in [0.2, 0.25) is 0 Å². The van der Waals surface area contributed by atoms with Crippen LogP contribution in [-0.4, -0.2) is 10.7 Å². The maximum absolute atomic E-state index is 9.61. The number of rotatable bonds is 5. The highest BCUT2D eigenvalue weighted by Crippen LogP contribution is 2.21. The highest BCUT2D eigenvalue weighted by Gasteiger charge is 2.11. The van der Waals surface area contributed by atoms with Gasteiger partial charge in [-0.3, -0.25) is 0 Å². The molecule has 0 heterocycles. The van der Waals surface area contributed by atoms with Gasteiger partial charge in [0.05, 0.1) is 5.60 Å². The first-order chi connectivity index (χ1) is 7.38. The lowest BCUT2D eigenvalue weighted by Crippen LogP contribution is -2.17. The van der Waals surface area contributed by atoms with E-state index in [1.54, 1.807) is 0 Å². The fraction of sp³-hybridized carbons (Fsp3) is 0.467. The van der Waals surface area contributed by atoms with Crippen molar-refractivity contribution in [3.63, 3.8) is 0 Å². The van der Waals surface area contributed by atoms with E-state index in [9.17, 15) is 5.11 Å². The third-order valence-electron chi connectivity index (χ3n) is 2.73. The fourth-order valence-corrected chi connectivity index (χ4v) is 1.67. The molecule has 1 aromatic carbocycles. The SMILES string of the molecule is C=C(CCCC(C)(C)O)c1ccc(C)cc1. The molecule has 1 aromatic rings. The summed E-state index contributed by atoms with van der Waals surface area (Å²) in [5, 5.41) is 9.61. The van der Waals surface area contributed by atoms with E-state index >= 15 is 0 Å². The van der Waals surface area contributed by atoms with Crippen LogP contribution in [0.15, 0.2) is 30.8 Å². The predicted molar refractivity (Wildman–Crippen MR) is 70.4 cm³/mol. The zero-order chi connectivity index (χ0) is 12.2. The molecule has 0 fully saturated rings. The Hall–Kier alpha value is -1.08. The summed E-state index contributed by atoms with van der Waals surface area (Å²) in [6.07, 6.45) is 2.75. The third-order valence-corrected chi connectivity index (χ3v) is 2.73. The monoisotopic (exact) mass is 218 g/mol. The topological polar surface area (TPSA) is 20.2 Å². The van der Waals surface area contributed by atoms with Gasteiger partial charge in [-0.25, -0.2) is 0 Å². The van der Waals surface area contributed by atoms with Crippen LogP contribution in [0.4, 0.5) is 0 Å². The largest absolute Gasteiger partial charge is 0.390 e. The average Bonchev–Trinajstić information content (AvgIpc) is 2.16. The Bertz CT molecular complexity index is 341. The molecular weight excluding hydrogens is 196 g/mol. The number of hydrogen-bond donors (Lipinski definition) is 1. The summed E-state index contributed by atoms with van der Waals surface area (Å²) < 4.78 is 0. The van der Waals surface area contributed by atoms with Crippen molar-refractivity contribution in [2.45, 2.75) is 45.6 Å². The van der Waals surface area contributed by atoms with E-state index in [0.717, 1.165) is 24.8 Å². The fourth-order valence-electron chi connectivity index (χ4n) is 1.67. The highest BCUT2D eigenvalue weighted by molar-refractivity contribution is 5.63. The molecule has 0 bridgehead atoms. The Morgan fingerprint density at radius 2 is 1.81 bits per heavy atom. The third kappa shape index (κ3) is 4.63. The Labute approximate surface area is 98.8 Å². The van der Waals surface area contributed by atoms with Gasteiger partial charge in [0.15, 0.2) is 0 Å². The van der Waals surface area contributed by atoms with Gasteiger partial charge in [-0.2, -0.15) is 0 Å². The molecule has 0 amide bonds. The first kappa shape index (κ1) is 13.0. The Morgan fingerprint density at radius 1 is 1.25 bits per heavy atom. The van der Waals surface area contributed by atoms with Crippen LogP contribution in [0.25, 0.3) is 5.57 Å². The smallest absolute Gasteiger partial charge is 0.0591 e. The molecule has 0 saturated heterocycles. The normalized spacial score (nSPS) is 11.5. The maximum Gasteiger partial charge on any atom is 0.0591 e. The van der Waals surface area contributed by atoms with E-state index in [4.69, 9.17) is 0 Å². The van der Waals surface area contributed by atoms with Crippen LogP contribution < -0.4 is 0 Å². The molecule has 0 unspecified atom stereocenters. The van der Waals surface area contributed by atoms with Gasteiger partial charge in [-0.15, -0.1) is 0 Å². The molecule has 88 valence electrons. The van der Waals surface area contributed by atoms with Crippen molar-refractivity contribution in [1.29, 1.82) is 0 Å². The minimum atomic E-state index is -0.562. The van der Waals surface area contributed by atoms with Gasteiger partial charge in [0, 0.05) is 0 Å². The maximum atomic E-state index is 9.61. The summed E-state index contributed by atoms with van der Waals surface area (Å²) in [5.41, 5.74) is 3.08. The van der Waals surface area contributed by atoms with Crippen molar-refractivity contribution in [1.82, 2.24) is 0 Å². The Morgan fingerprint density at radius 3 is 2.31 bits per heavy atom. The van der Waals surface area contributed by atoms with Gasteiger partial charge in [-0.05, 0) is 51.2 Å². The highest BCUT2D eigenvalue weighted by atomic mass is 16.3. The molecule has 0 aliphatic rings. The van der Waals surface area contributed by atoms with Gasteiger partial charge in [-0.1, -0.05) is 36.4 Å². The molecule has 1 heteroatoms. The zero-order valence-corrected chi connectivity index (χ0v) is 10.6. The lowest BCUT2D eigenvalue weighted by Gasteiger charge is -2.17. The second-order valence-corrected chi connectivity index (χ2v) is 5.14. The molecule has 0 aliphatic carbocycles. The molecule has 0 spiro atoms. The molecule has 0 atom stereocenters. The molecule has 0 aliphatic heterocycles. The first-order valence-electron chi connectivity index (χ1n) is 5.86. The van der Waals surface area contributed by atoms with Gasteiger partial charge in [0.2, 0.25) is 0 Å². The van der Waals surface area contributed by atoms with E-state index in [-0.39, 0.29) is 0 Å². The number of hydrogen-bond acceptors (Lipinski definition) is 1. The van der Waals surface area contributed by atoms with Crippen LogP contribution in [-0.2, 0) is 0 Å². The van der Waals surface area contributed by atoms with E-state index in [1.165, 1.54) is 11.1 Å². The van der Waals surface area contributed by atoms with E-state index in [2.05, 4.69) is 37.8 Å². The summed E-state index contributed by atoms with van der Waals surface area (Å²) in [6, 6.07) is 8.44. The number of benzene rings is 1.